The number of carbonyl (C=O) groups excluding carboxylic acids is 1. The van der Waals surface area contributed by atoms with Gasteiger partial charge >= 0.3 is 12.0 Å². The molecular formula is C14H24N2O4. The molecule has 0 aromatic carbocycles. The first-order valence-electron chi connectivity index (χ1n) is 7.41. The minimum atomic E-state index is -1.14. The second-order valence-corrected chi connectivity index (χ2v) is 6.26. The van der Waals surface area contributed by atoms with E-state index in [4.69, 9.17) is 0 Å². The first kappa shape index (κ1) is 15.1. The van der Waals surface area contributed by atoms with Gasteiger partial charge in [0.1, 0.15) is 5.54 Å². The number of amides is 2. The predicted octanol–water partition coefficient (Wildman–Crippen LogP) is 1.19. The van der Waals surface area contributed by atoms with Gasteiger partial charge in [-0.15, -0.1) is 0 Å². The molecule has 0 aromatic heterocycles. The van der Waals surface area contributed by atoms with Crippen LogP contribution in [0.3, 0.4) is 0 Å². The van der Waals surface area contributed by atoms with E-state index >= 15 is 0 Å². The van der Waals surface area contributed by atoms with Crippen molar-refractivity contribution in [3.05, 3.63) is 0 Å². The molecule has 3 N–H and O–H groups in total. The van der Waals surface area contributed by atoms with Crippen LogP contribution in [-0.2, 0) is 4.79 Å². The Labute approximate surface area is 119 Å². The standard InChI is InChI=1S/C14H24N2O4/c1-10-4-2-6-14(8-10,12(18)19)15-13(20)16-7-3-5-11(17)9-16/h10-11,17H,2-9H2,1H3,(H,15,20)(H,18,19). The number of nitrogens with zero attached hydrogens (tertiary/aromatic N) is 1. The Balaban J connectivity index is 2.04. The topological polar surface area (TPSA) is 89.9 Å². The number of carboxylic acids is 1. The van der Waals surface area contributed by atoms with Crippen LogP contribution >= 0.6 is 0 Å². The van der Waals surface area contributed by atoms with Crippen LogP contribution in [0.4, 0.5) is 4.79 Å². The van der Waals surface area contributed by atoms with Gasteiger partial charge in [0.05, 0.1) is 6.10 Å². The summed E-state index contributed by atoms with van der Waals surface area (Å²) in [4.78, 5) is 25.4. The molecule has 3 atom stereocenters. The number of nitrogens with one attached hydrogen (secondary N) is 1. The summed E-state index contributed by atoms with van der Waals surface area (Å²) in [5, 5.41) is 21.9. The zero-order chi connectivity index (χ0) is 14.8. The van der Waals surface area contributed by atoms with Crippen LogP contribution in [0.15, 0.2) is 0 Å². The number of urea groups is 1. The monoisotopic (exact) mass is 284 g/mol. The Morgan fingerprint density at radius 3 is 2.65 bits per heavy atom. The average molecular weight is 284 g/mol. The predicted molar refractivity (Wildman–Crippen MR) is 73.3 cm³/mol. The van der Waals surface area contributed by atoms with E-state index in [1.54, 1.807) is 0 Å². The second-order valence-electron chi connectivity index (χ2n) is 6.26. The summed E-state index contributed by atoms with van der Waals surface area (Å²) in [5.41, 5.74) is -1.14. The van der Waals surface area contributed by atoms with Crippen molar-refractivity contribution in [1.29, 1.82) is 0 Å². The zero-order valence-corrected chi connectivity index (χ0v) is 12.0. The lowest BCUT2D eigenvalue weighted by Gasteiger charge is -2.39. The molecule has 0 bridgehead atoms. The largest absolute Gasteiger partial charge is 0.480 e. The SMILES string of the molecule is CC1CCCC(NC(=O)N2CCCC(O)C2)(C(=O)O)C1. The summed E-state index contributed by atoms with van der Waals surface area (Å²) in [5.74, 6) is -0.651. The second kappa shape index (κ2) is 5.99. The van der Waals surface area contributed by atoms with Gasteiger partial charge < -0.3 is 20.4 Å². The molecule has 1 saturated carbocycles. The van der Waals surface area contributed by atoms with Gasteiger partial charge in [-0.25, -0.2) is 9.59 Å². The van der Waals surface area contributed by atoms with E-state index in [-0.39, 0.29) is 12.6 Å². The lowest BCUT2D eigenvalue weighted by atomic mass is 9.76. The number of aliphatic carboxylic acids is 1. The summed E-state index contributed by atoms with van der Waals surface area (Å²) >= 11 is 0. The zero-order valence-electron chi connectivity index (χ0n) is 12.0. The van der Waals surface area contributed by atoms with Crippen LogP contribution in [0.25, 0.3) is 0 Å². The summed E-state index contributed by atoms with van der Waals surface area (Å²) < 4.78 is 0. The number of likely N-dealkylation sites (tertiary alicyclic amines) is 1. The van der Waals surface area contributed by atoms with Crippen LogP contribution in [-0.4, -0.2) is 51.8 Å². The van der Waals surface area contributed by atoms with Gasteiger partial charge in [-0.05, 0) is 31.6 Å². The molecule has 2 fully saturated rings. The molecule has 3 unspecified atom stereocenters. The number of carboxylic acid groups (broad SMARTS) is 1. The number of hydrogen-bond donors (Lipinski definition) is 3. The molecule has 2 aliphatic rings. The quantitative estimate of drug-likeness (QED) is 0.710. The van der Waals surface area contributed by atoms with Crippen molar-refractivity contribution in [2.45, 2.75) is 57.1 Å². The van der Waals surface area contributed by atoms with E-state index < -0.39 is 17.6 Å². The molecule has 114 valence electrons. The highest BCUT2D eigenvalue weighted by atomic mass is 16.4. The number of aliphatic hydroxyl groups is 1. The molecule has 20 heavy (non-hydrogen) atoms. The van der Waals surface area contributed by atoms with Crippen LogP contribution in [0.2, 0.25) is 0 Å². The maximum atomic E-state index is 12.3. The molecule has 2 rings (SSSR count). The molecule has 6 nitrogen and oxygen atoms in total. The Bertz CT molecular complexity index is 387. The van der Waals surface area contributed by atoms with E-state index in [1.165, 1.54) is 4.90 Å². The van der Waals surface area contributed by atoms with Crippen molar-refractivity contribution in [1.82, 2.24) is 10.2 Å². The summed E-state index contributed by atoms with van der Waals surface area (Å²) in [6.45, 7) is 2.89. The fourth-order valence-electron chi connectivity index (χ4n) is 3.34. The van der Waals surface area contributed by atoms with Gasteiger partial charge in [0, 0.05) is 13.1 Å². The average Bonchev–Trinajstić information content (AvgIpc) is 2.38. The van der Waals surface area contributed by atoms with Gasteiger partial charge in [0.25, 0.3) is 0 Å². The van der Waals surface area contributed by atoms with Crippen molar-refractivity contribution in [3.63, 3.8) is 0 Å². The molecule has 1 heterocycles. The Morgan fingerprint density at radius 1 is 1.30 bits per heavy atom. The Kier molecular flexibility index (Phi) is 4.52. The van der Waals surface area contributed by atoms with E-state index in [2.05, 4.69) is 5.32 Å². The third kappa shape index (κ3) is 3.23. The number of aliphatic hydroxyl groups excluding tert-OH is 1. The van der Waals surface area contributed by atoms with E-state index in [0.717, 1.165) is 19.3 Å². The van der Waals surface area contributed by atoms with Gasteiger partial charge in [-0.2, -0.15) is 0 Å². The lowest BCUT2D eigenvalue weighted by molar-refractivity contribution is -0.146. The molecule has 1 saturated heterocycles. The fraction of sp³-hybridized carbons (Fsp3) is 0.857. The molecule has 1 aliphatic carbocycles. The highest BCUT2D eigenvalue weighted by molar-refractivity contribution is 5.86. The Morgan fingerprint density at radius 2 is 2.05 bits per heavy atom. The van der Waals surface area contributed by atoms with Crippen LogP contribution in [0.5, 0.6) is 0 Å². The van der Waals surface area contributed by atoms with Gasteiger partial charge in [-0.1, -0.05) is 19.8 Å². The first-order chi connectivity index (χ1) is 9.43. The maximum Gasteiger partial charge on any atom is 0.329 e. The third-order valence-electron chi connectivity index (χ3n) is 4.44. The van der Waals surface area contributed by atoms with Crippen molar-refractivity contribution in [3.8, 4) is 0 Å². The van der Waals surface area contributed by atoms with Crippen molar-refractivity contribution in [2.24, 2.45) is 5.92 Å². The molecule has 2 amide bonds. The Hall–Kier alpha value is -1.30. The van der Waals surface area contributed by atoms with E-state index in [0.29, 0.717) is 31.7 Å². The summed E-state index contributed by atoms with van der Waals surface area (Å²) in [7, 11) is 0. The minimum absolute atomic E-state index is 0.289. The molecule has 0 spiro atoms. The van der Waals surface area contributed by atoms with Crippen LogP contribution in [0.1, 0.15) is 45.4 Å². The molecular weight excluding hydrogens is 260 g/mol. The van der Waals surface area contributed by atoms with Gasteiger partial charge in [-0.3, -0.25) is 0 Å². The lowest BCUT2D eigenvalue weighted by Crippen LogP contribution is -2.60. The third-order valence-corrected chi connectivity index (χ3v) is 4.44. The summed E-state index contributed by atoms with van der Waals surface area (Å²) in [6.07, 6.45) is 3.74. The molecule has 0 aromatic rings. The van der Waals surface area contributed by atoms with Crippen molar-refractivity contribution >= 4 is 12.0 Å². The highest BCUT2D eigenvalue weighted by Crippen LogP contribution is 2.32. The van der Waals surface area contributed by atoms with Crippen LogP contribution in [0, 0.1) is 5.92 Å². The minimum Gasteiger partial charge on any atom is -0.480 e. The van der Waals surface area contributed by atoms with Crippen molar-refractivity contribution < 1.29 is 19.8 Å². The fourth-order valence-corrected chi connectivity index (χ4v) is 3.34. The number of rotatable bonds is 2. The van der Waals surface area contributed by atoms with E-state index in [9.17, 15) is 19.8 Å². The molecule has 6 heteroatoms. The molecule has 1 aliphatic heterocycles. The number of carbonyl (C=O) groups is 2. The highest BCUT2D eigenvalue weighted by Gasteiger charge is 2.44. The number of hydrogen-bond acceptors (Lipinski definition) is 3. The van der Waals surface area contributed by atoms with Crippen LogP contribution < -0.4 is 5.32 Å². The van der Waals surface area contributed by atoms with E-state index in [1.807, 2.05) is 6.92 Å². The number of β-amino-alcohol motifs (C(OH)–C–C–N with tert-alkyl or cyclic N) is 1. The van der Waals surface area contributed by atoms with Gasteiger partial charge in [0.15, 0.2) is 0 Å². The van der Waals surface area contributed by atoms with Crippen molar-refractivity contribution in [2.75, 3.05) is 13.1 Å². The van der Waals surface area contributed by atoms with Gasteiger partial charge in [0.2, 0.25) is 0 Å². The number of piperidine rings is 1. The first-order valence-corrected chi connectivity index (χ1v) is 7.41. The molecule has 0 radical (unpaired) electrons. The normalized spacial score (nSPS) is 34.6. The smallest absolute Gasteiger partial charge is 0.329 e. The maximum absolute atomic E-state index is 12.3. The summed E-state index contributed by atoms with van der Waals surface area (Å²) in [6, 6.07) is -0.361.